The van der Waals surface area contributed by atoms with Crippen LogP contribution in [0.3, 0.4) is 0 Å². The smallest absolute Gasteiger partial charge is 0.311 e. The topological polar surface area (TPSA) is 46.6 Å². The molecule has 222 valence electrons. The molecule has 0 aromatic heterocycles. The zero-order valence-electron chi connectivity index (χ0n) is 25.6. The van der Waals surface area contributed by atoms with Gasteiger partial charge in [-0.05, 0) is 95.6 Å². The summed E-state index contributed by atoms with van der Waals surface area (Å²) in [6.07, 6.45) is 35.0. The van der Waals surface area contributed by atoms with E-state index in [9.17, 15) is 9.59 Å². The first-order chi connectivity index (χ1) is 20.0. The molecule has 0 amide bonds. The third-order valence-electron chi connectivity index (χ3n) is 7.43. The molecule has 1 aromatic carbocycles. The van der Waals surface area contributed by atoms with Crippen LogP contribution in [0, 0.1) is 0 Å². The summed E-state index contributed by atoms with van der Waals surface area (Å²) in [6.45, 7) is 5.86. The number of Topliss-reactive ketones (excluding diaryl/α,β-unsaturated/α-hetero) is 1. The lowest BCUT2D eigenvalue weighted by Crippen LogP contribution is -2.46. The van der Waals surface area contributed by atoms with E-state index in [1.54, 1.807) is 6.07 Å². The highest BCUT2D eigenvalue weighted by atomic mass is 16.5. The van der Waals surface area contributed by atoms with E-state index in [2.05, 4.69) is 85.7 Å². The van der Waals surface area contributed by atoms with Gasteiger partial charge in [-0.1, -0.05) is 98.9 Å². The highest BCUT2D eigenvalue weighted by Crippen LogP contribution is 2.38. The number of esters is 1. The number of carbonyl (C=O) groups excluding carboxylic acids is 2. The van der Waals surface area contributed by atoms with Gasteiger partial charge in [-0.3, -0.25) is 9.59 Å². The van der Waals surface area contributed by atoms with E-state index in [0.717, 1.165) is 70.0 Å². The normalized spacial score (nSPS) is 16.4. The third kappa shape index (κ3) is 13.3. The Balaban J connectivity index is 1.64. The molecule has 41 heavy (non-hydrogen) atoms. The number of carbonyl (C=O) groups is 2. The third-order valence-corrected chi connectivity index (χ3v) is 7.43. The molecule has 0 bridgehead atoms. The molecular weight excluding hydrogens is 506 g/mol. The van der Waals surface area contributed by atoms with Crippen LogP contribution in [-0.2, 0) is 15.0 Å². The highest BCUT2D eigenvalue weighted by molar-refractivity contribution is 5.90. The van der Waals surface area contributed by atoms with Crippen molar-refractivity contribution in [1.29, 1.82) is 0 Å². The van der Waals surface area contributed by atoms with Gasteiger partial charge in [0.05, 0.1) is 5.41 Å². The number of hydrogen-bond acceptors (Lipinski definition) is 4. The van der Waals surface area contributed by atoms with E-state index in [1.165, 1.54) is 0 Å². The molecule has 0 spiro atoms. The molecule has 1 heterocycles. The number of allylic oxidation sites excluding steroid dienone is 12. The molecule has 0 unspecified atom stereocenters. The van der Waals surface area contributed by atoms with E-state index in [4.69, 9.17) is 4.74 Å². The van der Waals surface area contributed by atoms with Crippen molar-refractivity contribution in [2.75, 3.05) is 20.1 Å². The van der Waals surface area contributed by atoms with Crippen LogP contribution in [0.15, 0.2) is 97.2 Å². The van der Waals surface area contributed by atoms with Crippen molar-refractivity contribution in [3.63, 3.8) is 0 Å². The molecule has 1 aromatic rings. The molecule has 2 rings (SSSR count). The summed E-state index contributed by atoms with van der Waals surface area (Å²) < 4.78 is 5.64. The van der Waals surface area contributed by atoms with E-state index in [0.29, 0.717) is 25.0 Å². The molecule has 0 aliphatic carbocycles. The minimum absolute atomic E-state index is 0.249. The fraction of sp³-hybridized carbons (Fsp3) is 0.459. The van der Waals surface area contributed by atoms with Crippen molar-refractivity contribution in [1.82, 2.24) is 4.90 Å². The molecule has 4 nitrogen and oxygen atoms in total. The number of rotatable bonds is 18. The average molecular weight is 558 g/mol. The van der Waals surface area contributed by atoms with Crippen molar-refractivity contribution in [3.05, 3.63) is 103 Å². The second-order valence-electron chi connectivity index (χ2n) is 10.6. The molecule has 0 N–H and O–H groups in total. The Morgan fingerprint density at radius 3 is 1.80 bits per heavy atom. The largest absolute Gasteiger partial charge is 0.427 e. The summed E-state index contributed by atoms with van der Waals surface area (Å²) >= 11 is 0. The van der Waals surface area contributed by atoms with Crippen LogP contribution < -0.4 is 4.74 Å². The molecule has 0 saturated carbocycles. The standard InChI is InChI=1S/C37H51NO3/c1-4-6-7-8-9-10-11-12-13-14-15-16-17-18-19-20-21-22-23-27-36(40)41-34-26-24-25-33(32-34)37(35(39)5-2)28-30-38(3)31-29-37/h6-7,9-10,12-13,15-16,18-19,21-22,24-26,32H,4-5,8,11,14,17,20,23,27-31H2,1-3H3/b7-6-,10-9-,13-12+,16-15-,19-18-,22-21-. The Kier molecular flexibility index (Phi) is 17.1. The van der Waals surface area contributed by atoms with Crippen LogP contribution in [-0.4, -0.2) is 36.8 Å². The maximum Gasteiger partial charge on any atom is 0.311 e. The minimum atomic E-state index is -0.476. The summed E-state index contributed by atoms with van der Waals surface area (Å²) in [5, 5.41) is 0. The number of nitrogens with zero attached hydrogens (tertiary/aromatic N) is 1. The SMILES string of the molecule is CC/C=C\C/C=C\C/C=C/C/C=C\C/C=C\C/C=C\CCC(=O)Oc1cccc(C2(C(=O)CC)CCN(C)CC2)c1. The first kappa shape index (κ1) is 34.0. The van der Waals surface area contributed by atoms with Gasteiger partial charge >= 0.3 is 5.97 Å². The number of piperidine rings is 1. The maximum absolute atomic E-state index is 13.0. The summed E-state index contributed by atoms with van der Waals surface area (Å²) in [4.78, 5) is 27.7. The highest BCUT2D eigenvalue weighted by Gasteiger charge is 2.41. The Morgan fingerprint density at radius 1 is 0.780 bits per heavy atom. The van der Waals surface area contributed by atoms with Gasteiger partial charge < -0.3 is 9.64 Å². The molecule has 1 fully saturated rings. The van der Waals surface area contributed by atoms with E-state index < -0.39 is 5.41 Å². The zero-order valence-corrected chi connectivity index (χ0v) is 25.6. The summed E-state index contributed by atoms with van der Waals surface area (Å²) in [5.74, 6) is 0.546. The van der Waals surface area contributed by atoms with Gasteiger partial charge in [-0.15, -0.1) is 0 Å². The van der Waals surface area contributed by atoms with E-state index in [-0.39, 0.29) is 11.8 Å². The van der Waals surface area contributed by atoms with Crippen molar-refractivity contribution >= 4 is 11.8 Å². The average Bonchev–Trinajstić information content (AvgIpc) is 2.98. The van der Waals surface area contributed by atoms with Gasteiger partial charge in [0.15, 0.2) is 0 Å². The lowest BCUT2D eigenvalue weighted by Gasteiger charge is -2.40. The molecule has 1 saturated heterocycles. The Bertz CT molecular complexity index is 1080. The number of ether oxygens (including phenoxy) is 1. The number of likely N-dealkylation sites (tertiary alicyclic amines) is 1. The summed E-state index contributed by atoms with van der Waals surface area (Å²) in [7, 11) is 2.09. The van der Waals surface area contributed by atoms with Crippen LogP contribution in [0.2, 0.25) is 0 Å². The van der Waals surface area contributed by atoms with Gasteiger partial charge in [0.2, 0.25) is 0 Å². The number of hydrogen-bond donors (Lipinski definition) is 0. The lowest BCUT2D eigenvalue weighted by molar-refractivity contribution is -0.134. The number of ketones is 1. The minimum Gasteiger partial charge on any atom is -0.427 e. The zero-order chi connectivity index (χ0) is 29.6. The predicted octanol–water partition coefficient (Wildman–Crippen LogP) is 9.01. The molecular formula is C37H51NO3. The molecule has 1 aliphatic heterocycles. The van der Waals surface area contributed by atoms with Gasteiger partial charge in [0.1, 0.15) is 11.5 Å². The van der Waals surface area contributed by atoms with Crippen molar-refractivity contribution in [3.8, 4) is 5.75 Å². The molecule has 0 atom stereocenters. The second kappa shape index (κ2) is 20.6. The first-order valence-corrected chi connectivity index (χ1v) is 15.4. The van der Waals surface area contributed by atoms with Crippen LogP contribution in [0.25, 0.3) is 0 Å². The molecule has 1 aliphatic rings. The van der Waals surface area contributed by atoms with Crippen LogP contribution in [0.5, 0.6) is 5.75 Å². The quantitative estimate of drug-likeness (QED) is 0.103. The van der Waals surface area contributed by atoms with Crippen molar-refractivity contribution in [2.45, 2.75) is 89.9 Å². The molecule has 0 radical (unpaired) electrons. The van der Waals surface area contributed by atoms with Crippen molar-refractivity contribution < 1.29 is 14.3 Å². The van der Waals surface area contributed by atoms with Crippen LogP contribution >= 0.6 is 0 Å². The number of benzene rings is 1. The van der Waals surface area contributed by atoms with E-state index >= 15 is 0 Å². The Morgan fingerprint density at radius 2 is 1.29 bits per heavy atom. The van der Waals surface area contributed by atoms with Crippen LogP contribution in [0.4, 0.5) is 0 Å². The Hall–Kier alpha value is -3.24. The fourth-order valence-electron chi connectivity index (χ4n) is 4.95. The summed E-state index contributed by atoms with van der Waals surface area (Å²) in [6, 6.07) is 7.60. The second-order valence-corrected chi connectivity index (χ2v) is 10.6. The van der Waals surface area contributed by atoms with Crippen LogP contribution in [0.1, 0.15) is 90.0 Å². The van der Waals surface area contributed by atoms with Gasteiger partial charge in [-0.25, -0.2) is 0 Å². The Labute approximate surface area is 249 Å². The lowest BCUT2D eigenvalue weighted by atomic mass is 9.69. The van der Waals surface area contributed by atoms with Gasteiger partial charge in [0.25, 0.3) is 0 Å². The predicted molar refractivity (Wildman–Crippen MR) is 173 cm³/mol. The van der Waals surface area contributed by atoms with E-state index in [1.807, 2.05) is 31.2 Å². The van der Waals surface area contributed by atoms with Gasteiger partial charge in [-0.2, -0.15) is 0 Å². The monoisotopic (exact) mass is 557 g/mol. The van der Waals surface area contributed by atoms with Gasteiger partial charge in [0, 0.05) is 12.8 Å². The summed E-state index contributed by atoms with van der Waals surface area (Å²) in [5.41, 5.74) is 0.496. The molecule has 4 heteroatoms. The maximum atomic E-state index is 13.0. The fourth-order valence-corrected chi connectivity index (χ4v) is 4.95. The first-order valence-electron chi connectivity index (χ1n) is 15.4. The van der Waals surface area contributed by atoms with Crippen molar-refractivity contribution in [2.24, 2.45) is 0 Å².